The SMILES string of the molecule is O=C(O)Cc1ccc(-n2nc(-c3cccs3)cc2NC(=O)NC2CCc3ccccc32)cc1. The third-order valence-electron chi connectivity index (χ3n) is 5.70. The van der Waals surface area contributed by atoms with E-state index in [1.807, 2.05) is 35.7 Å². The third-order valence-corrected chi connectivity index (χ3v) is 6.59. The topological polar surface area (TPSA) is 96.2 Å². The first-order valence-corrected chi connectivity index (χ1v) is 11.5. The van der Waals surface area contributed by atoms with Crippen molar-refractivity contribution in [2.45, 2.75) is 25.3 Å². The molecule has 1 atom stereocenters. The molecule has 5 rings (SSSR count). The molecule has 3 N–H and O–H groups in total. The second-order valence-corrected chi connectivity index (χ2v) is 8.88. The number of rotatable bonds is 6. The molecule has 1 unspecified atom stereocenters. The summed E-state index contributed by atoms with van der Waals surface area (Å²) in [5, 5.41) is 21.7. The second kappa shape index (κ2) is 8.91. The van der Waals surface area contributed by atoms with Crippen LogP contribution in [0.3, 0.4) is 0 Å². The first kappa shape index (κ1) is 21.0. The molecule has 2 amide bonds. The number of thiophene rings is 1. The number of aryl methyl sites for hydroxylation is 1. The smallest absolute Gasteiger partial charge is 0.320 e. The molecule has 0 saturated heterocycles. The number of aromatic nitrogens is 2. The number of amides is 2. The number of hydrogen-bond donors (Lipinski definition) is 3. The average Bonchev–Trinajstić information content (AvgIpc) is 3.54. The molecule has 2 aromatic heterocycles. The molecule has 7 nitrogen and oxygen atoms in total. The third kappa shape index (κ3) is 4.51. The highest BCUT2D eigenvalue weighted by atomic mass is 32.1. The number of urea groups is 1. The van der Waals surface area contributed by atoms with Crippen molar-refractivity contribution in [3.63, 3.8) is 0 Å². The molecule has 0 fully saturated rings. The number of carbonyl (C=O) groups is 2. The van der Waals surface area contributed by atoms with E-state index in [-0.39, 0.29) is 18.5 Å². The van der Waals surface area contributed by atoms with Gasteiger partial charge in [-0.3, -0.25) is 10.1 Å². The van der Waals surface area contributed by atoms with Crippen LogP contribution < -0.4 is 10.6 Å². The normalized spacial score (nSPS) is 14.6. The van der Waals surface area contributed by atoms with Gasteiger partial charge in [0.25, 0.3) is 0 Å². The van der Waals surface area contributed by atoms with Crippen LogP contribution in [0.4, 0.5) is 10.6 Å². The molecule has 2 aromatic carbocycles. The summed E-state index contributed by atoms with van der Waals surface area (Å²) in [6.45, 7) is 0. The van der Waals surface area contributed by atoms with E-state index in [4.69, 9.17) is 10.2 Å². The Morgan fingerprint density at radius 1 is 1.09 bits per heavy atom. The zero-order valence-electron chi connectivity index (χ0n) is 17.7. The van der Waals surface area contributed by atoms with Crippen LogP contribution in [0.25, 0.3) is 16.3 Å². The van der Waals surface area contributed by atoms with Gasteiger partial charge in [-0.15, -0.1) is 11.3 Å². The lowest BCUT2D eigenvalue weighted by Crippen LogP contribution is -2.32. The summed E-state index contributed by atoms with van der Waals surface area (Å²) < 4.78 is 1.67. The zero-order valence-corrected chi connectivity index (χ0v) is 18.5. The minimum absolute atomic E-state index is 0.0235. The van der Waals surface area contributed by atoms with Gasteiger partial charge in [0, 0.05) is 6.07 Å². The van der Waals surface area contributed by atoms with E-state index in [0.29, 0.717) is 11.4 Å². The molecule has 166 valence electrons. The van der Waals surface area contributed by atoms with Crippen molar-refractivity contribution in [2.75, 3.05) is 5.32 Å². The highest BCUT2D eigenvalue weighted by Crippen LogP contribution is 2.31. The maximum Gasteiger partial charge on any atom is 0.320 e. The second-order valence-electron chi connectivity index (χ2n) is 7.93. The van der Waals surface area contributed by atoms with E-state index in [0.717, 1.165) is 34.7 Å². The number of benzene rings is 2. The van der Waals surface area contributed by atoms with Crippen LogP contribution in [0, 0.1) is 0 Å². The van der Waals surface area contributed by atoms with E-state index in [2.05, 4.69) is 22.8 Å². The fourth-order valence-electron chi connectivity index (χ4n) is 4.16. The standard InChI is InChI=1S/C25H22N4O3S/c30-24(31)14-16-7-10-18(11-8-16)29-23(15-21(28-29)22-6-3-13-33-22)27-25(32)26-20-12-9-17-4-1-2-5-19(17)20/h1-8,10-11,13,15,20H,9,12,14H2,(H,30,31)(H2,26,27,32). The molecule has 4 aromatic rings. The number of carboxylic acid groups (broad SMARTS) is 1. The summed E-state index contributed by atoms with van der Waals surface area (Å²) in [5.74, 6) is -0.345. The number of nitrogens with zero attached hydrogens (tertiary/aromatic N) is 2. The molecular weight excluding hydrogens is 436 g/mol. The van der Waals surface area contributed by atoms with E-state index in [1.54, 1.807) is 40.3 Å². The molecule has 1 aliphatic rings. The van der Waals surface area contributed by atoms with Crippen LogP contribution in [0.5, 0.6) is 0 Å². The number of anilines is 1. The molecule has 0 radical (unpaired) electrons. The first-order chi connectivity index (χ1) is 16.1. The van der Waals surface area contributed by atoms with Crippen molar-refractivity contribution in [3.8, 4) is 16.3 Å². The Hall–Kier alpha value is -3.91. The summed E-state index contributed by atoms with van der Waals surface area (Å²) in [5.41, 5.74) is 4.61. The number of aliphatic carboxylic acids is 1. The van der Waals surface area contributed by atoms with Crippen LogP contribution in [-0.4, -0.2) is 26.9 Å². The summed E-state index contributed by atoms with van der Waals surface area (Å²) >= 11 is 1.57. The maximum atomic E-state index is 12.9. The Labute approximate surface area is 194 Å². The van der Waals surface area contributed by atoms with Gasteiger partial charge in [0.2, 0.25) is 0 Å². The number of carbonyl (C=O) groups excluding carboxylic acids is 1. The molecule has 0 aliphatic heterocycles. The van der Waals surface area contributed by atoms with Crippen molar-refractivity contribution >= 4 is 29.2 Å². The van der Waals surface area contributed by atoms with Gasteiger partial charge in [0.15, 0.2) is 0 Å². The van der Waals surface area contributed by atoms with Gasteiger partial charge in [-0.25, -0.2) is 9.48 Å². The van der Waals surface area contributed by atoms with Crippen LogP contribution in [-0.2, 0) is 17.6 Å². The van der Waals surface area contributed by atoms with E-state index in [1.165, 1.54) is 5.56 Å². The van der Waals surface area contributed by atoms with Gasteiger partial charge < -0.3 is 10.4 Å². The monoisotopic (exact) mass is 458 g/mol. The molecule has 33 heavy (non-hydrogen) atoms. The van der Waals surface area contributed by atoms with E-state index >= 15 is 0 Å². The quantitative estimate of drug-likeness (QED) is 0.377. The highest BCUT2D eigenvalue weighted by molar-refractivity contribution is 7.13. The molecule has 0 saturated carbocycles. The van der Waals surface area contributed by atoms with E-state index in [9.17, 15) is 9.59 Å². The fourth-order valence-corrected chi connectivity index (χ4v) is 4.84. The summed E-state index contributed by atoms with van der Waals surface area (Å²) in [6, 6.07) is 20.8. The lowest BCUT2D eigenvalue weighted by Gasteiger charge is -2.15. The molecule has 2 heterocycles. The Kier molecular flexibility index (Phi) is 5.66. The highest BCUT2D eigenvalue weighted by Gasteiger charge is 2.24. The zero-order chi connectivity index (χ0) is 22.8. The lowest BCUT2D eigenvalue weighted by atomic mass is 10.1. The number of nitrogens with one attached hydrogen (secondary N) is 2. The van der Waals surface area contributed by atoms with Crippen molar-refractivity contribution in [3.05, 3.63) is 88.8 Å². The average molecular weight is 459 g/mol. The molecule has 1 aliphatic carbocycles. The minimum Gasteiger partial charge on any atom is -0.481 e. The van der Waals surface area contributed by atoms with E-state index < -0.39 is 5.97 Å². The Morgan fingerprint density at radius 3 is 2.67 bits per heavy atom. The number of fused-ring (bicyclic) bond motifs is 1. The van der Waals surface area contributed by atoms with Crippen molar-refractivity contribution in [1.29, 1.82) is 0 Å². The predicted octanol–water partition coefficient (Wildman–Crippen LogP) is 5.04. The van der Waals surface area contributed by atoms with Crippen molar-refractivity contribution in [1.82, 2.24) is 15.1 Å². The van der Waals surface area contributed by atoms with Crippen LogP contribution in [0.15, 0.2) is 72.1 Å². The largest absolute Gasteiger partial charge is 0.481 e. The molecule has 8 heteroatoms. The Balaban J connectivity index is 1.40. The van der Waals surface area contributed by atoms with Crippen molar-refractivity contribution in [2.24, 2.45) is 0 Å². The number of hydrogen-bond acceptors (Lipinski definition) is 4. The van der Waals surface area contributed by atoms with Gasteiger partial charge >= 0.3 is 12.0 Å². The summed E-state index contributed by atoms with van der Waals surface area (Å²) in [4.78, 5) is 24.9. The van der Waals surface area contributed by atoms with Gasteiger partial charge in [-0.2, -0.15) is 5.10 Å². The summed E-state index contributed by atoms with van der Waals surface area (Å²) in [6.07, 6.45) is 1.78. The van der Waals surface area contributed by atoms with Gasteiger partial charge in [-0.1, -0.05) is 42.5 Å². The van der Waals surface area contributed by atoms with Crippen LogP contribution in [0.1, 0.15) is 29.2 Å². The predicted molar refractivity (Wildman–Crippen MR) is 128 cm³/mol. The molecule has 0 bridgehead atoms. The van der Waals surface area contributed by atoms with Crippen LogP contribution >= 0.6 is 11.3 Å². The molecular formula is C25H22N4O3S. The van der Waals surface area contributed by atoms with Gasteiger partial charge in [-0.05, 0) is 53.1 Å². The Bertz CT molecular complexity index is 1300. The first-order valence-electron chi connectivity index (χ1n) is 10.7. The Morgan fingerprint density at radius 2 is 1.91 bits per heavy atom. The fraction of sp³-hybridized carbons (Fsp3) is 0.160. The minimum atomic E-state index is -0.880. The summed E-state index contributed by atoms with van der Waals surface area (Å²) in [7, 11) is 0. The lowest BCUT2D eigenvalue weighted by molar-refractivity contribution is -0.136. The maximum absolute atomic E-state index is 12.9. The van der Waals surface area contributed by atoms with Crippen LogP contribution in [0.2, 0.25) is 0 Å². The molecule has 0 spiro atoms. The number of carboxylic acids is 1. The van der Waals surface area contributed by atoms with Gasteiger partial charge in [0.1, 0.15) is 11.5 Å². The van der Waals surface area contributed by atoms with Crippen molar-refractivity contribution < 1.29 is 14.7 Å². The van der Waals surface area contributed by atoms with Gasteiger partial charge in [0.05, 0.1) is 23.0 Å².